The van der Waals surface area contributed by atoms with E-state index in [1.807, 2.05) is 36.4 Å². The molecule has 2 heterocycles. The van der Waals surface area contributed by atoms with Gasteiger partial charge in [0.05, 0.1) is 11.1 Å². The van der Waals surface area contributed by atoms with Gasteiger partial charge in [-0.15, -0.1) is 0 Å². The number of alkyl halides is 2. The van der Waals surface area contributed by atoms with E-state index in [0.717, 1.165) is 16.7 Å². The van der Waals surface area contributed by atoms with E-state index in [4.69, 9.17) is 0 Å². The summed E-state index contributed by atoms with van der Waals surface area (Å²) < 4.78 is 29.1. The minimum atomic E-state index is -3.26. The number of amides is 1. The second-order valence-corrected chi connectivity index (χ2v) is 6.23. The van der Waals surface area contributed by atoms with Crippen molar-refractivity contribution in [1.29, 1.82) is 0 Å². The average molecular weight is 350 g/mol. The molecule has 3 nitrogen and oxygen atoms in total. The van der Waals surface area contributed by atoms with Gasteiger partial charge < -0.3 is 0 Å². The third kappa shape index (κ3) is 2.75. The number of carbonyl (C=O) groups excluding carboxylic acids is 1. The molecular weight excluding hydrogens is 334 g/mol. The Bertz CT molecular complexity index is 940. The number of benzene rings is 2. The average Bonchev–Trinajstić information content (AvgIpc) is 2.88. The second kappa shape index (κ2) is 6.33. The molecule has 1 aliphatic rings. The first kappa shape index (κ1) is 16.4. The van der Waals surface area contributed by atoms with Crippen LogP contribution in [0.15, 0.2) is 73.1 Å². The standard InChI is InChI=1S/C21H16F2N2O/c22-21(23)19-4-2-1-3-18(19)20(26)25(21)14-11-15-5-7-16(8-6-15)17-9-12-24-13-10-17/h1-10,12-13H,11,14H2. The maximum atomic E-state index is 14.5. The minimum Gasteiger partial charge on any atom is -0.275 e. The van der Waals surface area contributed by atoms with E-state index in [2.05, 4.69) is 4.98 Å². The van der Waals surface area contributed by atoms with Gasteiger partial charge in [0.25, 0.3) is 5.91 Å². The normalized spacial score (nSPS) is 15.2. The first-order valence-corrected chi connectivity index (χ1v) is 8.36. The molecule has 0 radical (unpaired) electrons. The molecule has 2 aromatic carbocycles. The van der Waals surface area contributed by atoms with Gasteiger partial charge in [-0.1, -0.05) is 42.5 Å². The van der Waals surface area contributed by atoms with Crippen molar-refractivity contribution >= 4 is 5.91 Å². The highest BCUT2D eigenvalue weighted by atomic mass is 19.3. The van der Waals surface area contributed by atoms with Gasteiger partial charge in [-0.05, 0) is 41.3 Å². The highest BCUT2D eigenvalue weighted by Crippen LogP contribution is 2.41. The lowest BCUT2D eigenvalue weighted by molar-refractivity contribution is -0.121. The molecule has 0 N–H and O–H groups in total. The molecule has 0 atom stereocenters. The summed E-state index contributed by atoms with van der Waals surface area (Å²) in [7, 11) is 0. The molecule has 0 saturated carbocycles. The number of pyridine rings is 1. The first-order valence-electron chi connectivity index (χ1n) is 8.36. The van der Waals surface area contributed by atoms with E-state index in [1.54, 1.807) is 18.5 Å². The third-order valence-electron chi connectivity index (χ3n) is 4.66. The zero-order valence-electron chi connectivity index (χ0n) is 13.9. The van der Waals surface area contributed by atoms with E-state index >= 15 is 0 Å². The molecule has 0 unspecified atom stereocenters. The summed E-state index contributed by atoms with van der Waals surface area (Å²) in [5, 5.41) is 0. The maximum absolute atomic E-state index is 14.5. The van der Waals surface area contributed by atoms with Crippen LogP contribution in [-0.4, -0.2) is 22.3 Å². The van der Waals surface area contributed by atoms with Gasteiger partial charge in [0.1, 0.15) is 0 Å². The van der Waals surface area contributed by atoms with E-state index in [0.29, 0.717) is 11.3 Å². The molecule has 26 heavy (non-hydrogen) atoms. The molecule has 0 spiro atoms. The van der Waals surface area contributed by atoms with E-state index in [9.17, 15) is 13.6 Å². The van der Waals surface area contributed by atoms with E-state index in [1.165, 1.54) is 18.2 Å². The van der Waals surface area contributed by atoms with Crippen LogP contribution < -0.4 is 0 Å². The summed E-state index contributed by atoms with van der Waals surface area (Å²) in [6, 6.07) is 14.2. The molecule has 0 bridgehead atoms. The van der Waals surface area contributed by atoms with Crippen molar-refractivity contribution in [2.75, 3.05) is 6.54 Å². The lowest BCUT2D eigenvalue weighted by Gasteiger charge is -2.24. The van der Waals surface area contributed by atoms with Gasteiger partial charge in [0.2, 0.25) is 0 Å². The van der Waals surface area contributed by atoms with Crippen molar-refractivity contribution in [2.24, 2.45) is 0 Å². The van der Waals surface area contributed by atoms with Crippen LogP contribution in [0.3, 0.4) is 0 Å². The fraction of sp³-hybridized carbons (Fsp3) is 0.143. The largest absolute Gasteiger partial charge is 0.355 e. The van der Waals surface area contributed by atoms with Crippen LogP contribution >= 0.6 is 0 Å². The fourth-order valence-corrected chi connectivity index (χ4v) is 3.24. The van der Waals surface area contributed by atoms with Gasteiger partial charge in [0.15, 0.2) is 0 Å². The molecule has 5 heteroatoms. The molecule has 0 saturated heterocycles. The Kier molecular flexibility index (Phi) is 3.99. The van der Waals surface area contributed by atoms with Gasteiger partial charge in [-0.2, -0.15) is 8.78 Å². The minimum absolute atomic E-state index is 0.0326. The predicted molar refractivity (Wildman–Crippen MR) is 94.7 cm³/mol. The molecule has 3 aromatic rings. The van der Waals surface area contributed by atoms with Crippen LogP contribution in [0.5, 0.6) is 0 Å². The Morgan fingerprint density at radius 2 is 1.54 bits per heavy atom. The topological polar surface area (TPSA) is 33.2 Å². The summed E-state index contributed by atoms with van der Waals surface area (Å²) in [6.07, 6.45) is 3.82. The molecule has 1 aromatic heterocycles. The Morgan fingerprint density at radius 1 is 0.885 bits per heavy atom. The maximum Gasteiger partial charge on any atom is 0.355 e. The molecule has 0 fully saturated rings. The Balaban J connectivity index is 1.49. The molecule has 1 amide bonds. The lowest BCUT2D eigenvalue weighted by Crippen LogP contribution is -2.38. The highest BCUT2D eigenvalue weighted by Gasteiger charge is 2.50. The first-order chi connectivity index (χ1) is 12.6. The number of carbonyl (C=O) groups is 1. The van der Waals surface area contributed by atoms with Gasteiger partial charge >= 0.3 is 6.05 Å². The number of fused-ring (bicyclic) bond motifs is 1. The van der Waals surface area contributed by atoms with E-state index < -0.39 is 12.0 Å². The van der Waals surface area contributed by atoms with Crippen molar-refractivity contribution in [1.82, 2.24) is 9.88 Å². The van der Waals surface area contributed by atoms with Crippen molar-refractivity contribution in [3.8, 4) is 11.1 Å². The molecular formula is C21H16F2N2O. The zero-order chi connectivity index (χ0) is 18.1. The number of nitrogens with zero attached hydrogens (tertiary/aromatic N) is 2. The number of hydrogen-bond acceptors (Lipinski definition) is 2. The van der Waals surface area contributed by atoms with Crippen LogP contribution in [0.4, 0.5) is 8.78 Å². The molecule has 1 aliphatic heterocycles. The SMILES string of the molecule is O=C1c2ccccc2C(F)(F)N1CCc1ccc(-c2ccncc2)cc1. The molecule has 4 rings (SSSR count). The van der Waals surface area contributed by atoms with Crippen molar-refractivity contribution in [3.05, 3.63) is 89.7 Å². The summed E-state index contributed by atoms with van der Waals surface area (Å²) in [4.78, 5) is 17.0. The Morgan fingerprint density at radius 3 is 2.23 bits per heavy atom. The predicted octanol–water partition coefficient (Wildman–Crippen LogP) is 4.50. The number of rotatable bonds is 4. The fourth-order valence-electron chi connectivity index (χ4n) is 3.24. The van der Waals surface area contributed by atoms with Crippen molar-refractivity contribution in [3.63, 3.8) is 0 Å². The van der Waals surface area contributed by atoms with Crippen LogP contribution in [-0.2, 0) is 12.5 Å². The van der Waals surface area contributed by atoms with Crippen LogP contribution in [0.2, 0.25) is 0 Å². The van der Waals surface area contributed by atoms with E-state index in [-0.39, 0.29) is 17.7 Å². The zero-order valence-corrected chi connectivity index (χ0v) is 13.9. The second-order valence-electron chi connectivity index (χ2n) is 6.23. The number of hydrogen-bond donors (Lipinski definition) is 0. The quantitative estimate of drug-likeness (QED) is 0.649. The highest BCUT2D eigenvalue weighted by molar-refractivity contribution is 5.99. The van der Waals surface area contributed by atoms with Gasteiger partial charge in [-0.3, -0.25) is 14.7 Å². The molecule has 130 valence electrons. The van der Waals surface area contributed by atoms with Crippen LogP contribution in [0.1, 0.15) is 21.5 Å². The lowest BCUT2D eigenvalue weighted by atomic mass is 10.0. The van der Waals surface area contributed by atoms with Crippen LogP contribution in [0, 0.1) is 0 Å². The van der Waals surface area contributed by atoms with Crippen molar-refractivity contribution in [2.45, 2.75) is 12.5 Å². The van der Waals surface area contributed by atoms with Crippen LogP contribution in [0.25, 0.3) is 11.1 Å². The number of aromatic nitrogens is 1. The monoisotopic (exact) mass is 350 g/mol. The van der Waals surface area contributed by atoms with Crippen molar-refractivity contribution < 1.29 is 13.6 Å². The Hall–Kier alpha value is -3.08. The number of halogens is 2. The smallest absolute Gasteiger partial charge is 0.275 e. The van der Waals surface area contributed by atoms with Gasteiger partial charge in [0, 0.05) is 18.9 Å². The summed E-state index contributed by atoms with van der Waals surface area (Å²) in [6.45, 7) is -0.0326. The third-order valence-corrected chi connectivity index (χ3v) is 4.66. The Labute approximate surface area is 149 Å². The molecule has 0 aliphatic carbocycles. The summed E-state index contributed by atoms with van der Waals surface area (Å²) in [5.41, 5.74) is 2.86. The van der Waals surface area contributed by atoms with Gasteiger partial charge in [-0.25, -0.2) is 0 Å². The summed E-state index contributed by atoms with van der Waals surface area (Å²) >= 11 is 0. The summed E-state index contributed by atoms with van der Waals surface area (Å²) in [5.74, 6) is -0.612.